The van der Waals surface area contributed by atoms with Crippen molar-refractivity contribution in [3.8, 4) is 0 Å². The number of nitrogens with one attached hydrogen (secondary N) is 2. The molecule has 1 aromatic rings. The Kier molecular flexibility index (Phi) is 8.29. The average molecular weight is 394 g/mol. The lowest BCUT2D eigenvalue weighted by Gasteiger charge is -2.22. The fourth-order valence-corrected chi connectivity index (χ4v) is 3.54. The van der Waals surface area contributed by atoms with Crippen LogP contribution in [0.1, 0.15) is 32.6 Å². The van der Waals surface area contributed by atoms with Crippen LogP contribution in [0.5, 0.6) is 0 Å². The van der Waals surface area contributed by atoms with Crippen molar-refractivity contribution in [2.75, 3.05) is 50.9 Å². The van der Waals surface area contributed by atoms with Crippen LogP contribution in [0.25, 0.3) is 0 Å². The predicted molar refractivity (Wildman–Crippen MR) is 108 cm³/mol. The van der Waals surface area contributed by atoms with Gasteiger partial charge in [-0.1, -0.05) is 0 Å². The summed E-state index contributed by atoms with van der Waals surface area (Å²) in [4.78, 5) is 10.8. The van der Waals surface area contributed by atoms with Crippen molar-refractivity contribution in [3.63, 3.8) is 0 Å². The zero-order chi connectivity index (χ0) is 19.6. The molecule has 0 spiro atoms. The smallest absolute Gasteiger partial charge is 0.191 e. The third kappa shape index (κ3) is 6.31. The van der Waals surface area contributed by atoms with Crippen LogP contribution in [0.4, 0.5) is 10.2 Å². The zero-order valence-electron chi connectivity index (χ0n) is 16.7. The van der Waals surface area contributed by atoms with Crippen molar-refractivity contribution in [3.05, 3.63) is 24.1 Å². The first kappa shape index (κ1) is 20.8. The molecule has 3 rings (SSSR count). The number of pyridine rings is 1. The Labute approximate surface area is 166 Å². The zero-order valence-corrected chi connectivity index (χ0v) is 16.7. The van der Waals surface area contributed by atoms with Crippen LogP contribution < -0.4 is 15.5 Å². The highest BCUT2D eigenvalue weighted by Crippen LogP contribution is 2.20. The summed E-state index contributed by atoms with van der Waals surface area (Å²) in [6.45, 7) is 7.39. The first-order valence-corrected chi connectivity index (χ1v) is 10.4. The van der Waals surface area contributed by atoms with E-state index in [1.807, 2.05) is 4.90 Å². The first-order chi connectivity index (χ1) is 13.8. The molecule has 8 heteroatoms. The summed E-state index contributed by atoms with van der Waals surface area (Å²) in [5.74, 6) is 0.967. The van der Waals surface area contributed by atoms with Gasteiger partial charge < -0.3 is 25.0 Å². The molecule has 1 unspecified atom stereocenters. The molecule has 7 nitrogen and oxygen atoms in total. The summed E-state index contributed by atoms with van der Waals surface area (Å²) >= 11 is 0. The molecule has 28 heavy (non-hydrogen) atoms. The molecule has 0 saturated carbocycles. The van der Waals surface area contributed by atoms with Gasteiger partial charge in [0.05, 0.1) is 6.10 Å². The number of aromatic nitrogens is 1. The van der Waals surface area contributed by atoms with Crippen LogP contribution in [-0.2, 0) is 9.47 Å². The molecule has 2 saturated heterocycles. The van der Waals surface area contributed by atoms with Crippen LogP contribution in [-0.4, -0.2) is 69.1 Å². The molecule has 1 aromatic heterocycles. The lowest BCUT2D eigenvalue weighted by atomic mass is 10.1. The monoisotopic (exact) mass is 393 g/mol. The molecule has 3 heterocycles. The summed E-state index contributed by atoms with van der Waals surface area (Å²) in [6.07, 6.45) is 5.76. The first-order valence-electron chi connectivity index (χ1n) is 10.4. The third-order valence-electron chi connectivity index (χ3n) is 5.01. The van der Waals surface area contributed by atoms with Gasteiger partial charge in [0.1, 0.15) is 0 Å². The number of ether oxygens (including phenoxy) is 2. The number of rotatable bonds is 8. The summed E-state index contributed by atoms with van der Waals surface area (Å²) in [6, 6.07) is 3.29. The number of nitrogens with zero attached hydrogens (tertiary/aromatic N) is 3. The van der Waals surface area contributed by atoms with E-state index in [1.165, 1.54) is 6.07 Å². The molecule has 0 bridgehead atoms. The Hall–Kier alpha value is -1.93. The molecule has 2 N–H and O–H groups in total. The Morgan fingerprint density at radius 1 is 1.39 bits per heavy atom. The van der Waals surface area contributed by atoms with Gasteiger partial charge in [-0.3, -0.25) is 4.99 Å². The number of halogens is 1. The molecule has 0 aliphatic carbocycles. The average Bonchev–Trinajstić information content (AvgIpc) is 3.17. The number of aliphatic imine (C=N–C) groups is 1. The van der Waals surface area contributed by atoms with Gasteiger partial charge >= 0.3 is 0 Å². The maximum atomic E-state index is 13.9. The van der Waals surface area contributed by atoms with Crippen molar-refractivity contribution in [2.24, 2.45) is 4.99 Å². The summed E-state index contributed by atoms with van der Waals surface area (Å²) in [5, 5.41) is 6.76. The minimum Gasteiger partial charge on any atom is -0.381 e. The Morgan fingerprint density at radius 2 is 2.25 bits per heavy atom. The SMILES string of the molecule is CCNC(=NCCCOC1CCOCC1)NC1CCN(c2ncccc2F)C1. The topological polar surface area (TPSA) is 71.0 Å². The summed E-state index contributed by atoms with van der Waals surface area (Å²) in [5.41, 5.74) is 0. The van der Waals surface area contributed by atoms with E-state index < -0.39 is 0 Å². The standard InChI is InChI=1S/C20H32FN5O2/c1-2-22-20(24-10-4-12-28-17-7-13-27-14-8-17)25-16-6-11-26(15-16)19-18(21)5-3-9-23-19/h3,5,9,16-17H,2,4,6-8,10-15H2,1H3,(H2,22,24,25). The molecule has 156 valence electrons. The number of hydrogen-bond acceptors (Lipinski definition) is 5. The molecule has 0 radical (unpaired) electrons. The number of hydrogen-bond donors (Lipinski definition) is 2. The molecular weight excluding hydrogens is 361 g/mol. The lowest BCUT2D eigenvalue weighted by Crippen LogP contribution is -2.44. The highest BCUT2D eigenvalue weighted by Gasteiger charge is 2.25. The minimum atomic E-state index is -0.270. The van der Waals surface area contributed by atoms with Crippen molar-refractivity contribution < 1.29 is 13.9 Å². The van der Waals surface area contributed by atoms with Gasteiger partial charge in [-0.2, -0.15) is 0 Å². The van der Waals surface area contributed by atoms with Gasteiger partial charge in [0.25, 0.3) is 0 Å². The van der Waals surface area contributed by atoms with Crippen LogP contribution in [0.15, 0.2) is 23.3 Å². The van der Waals surface area contributed by atoms with Gasteiger partial charge in [-0.05, 0) is 44.7 Å². The second kappa shape index (κ2) is 11.2. The normalized spacial score (nSPS) is 21.1. The quantitative estimate of drug-likeness (QED) is 0.400. The molecule has 2 aliphatic heterocycles. The van der Waals surface area contributed by atoms with Gasteiger partial charge in [0, 0.05) is 58.2 Å². The van der Waals surface area contributed by atoms with Crippen LogP contribution in [0.2, 0.25) is 0 Å². The Bertz CT molecular complexity index is 624. The van der Waals surface area contributed by atoms with Gasteiger partial charge in [-0.15, -0.1) is 0 Å². The van der Waals surface area contributed by atoms with E-state index in [9.17, 15) is 4.39 Å². The van der Waals surface area contributed by atoms with Gasteiger partial charge in [0.2, 0.25) is 0 Å². The third-order valence-corrected chi connectivity index (χ3v) is 5.01. The number of guanidine groups is 1. The number of anilines is 1. The summed E-state index contributed by atoms with van der Waals surface area (Å²) < 4.78 is 25.2. The van der Waals surface area contributed by atoms with Gasteiger partial charge in [0.15, 0.2) is 17.6 Å². The van der Waals surface area contributed by atoms with Crippen LogP contribution >= 0.6 is 0 Å². The maximum absolute atomic E-state index is 13.9. The van der Waals surface area contributed by atoms with Crippen molar-refractivity contribution in [1.82, 2.24) is 15.6 Å². The van der Waals surface area contributed by atoms with Crippen molar-refractivity contribution >= 4 is 11.8 Å². The van der Waals surface area contributed by atoms with Gasteiger partial charge in [-0.25, -0.2) is 9.37 Å². The molecule has 2 aliphatic rings. The molecule has 1 atom stereocenters. The van der Waals surface area contributed by atoms with E-state index in [1.54, 1.807) is 12.3 Å². The second-order valence-electron chi connectivity index (χ2n) is 7.18. The molecular formula is C20H32FN5O2. The fourth-order valence-electron chi connectivity index (χ4n) is 3.54. The van der Waals surface area contributed by atoms with Crippen LogP contribution in [0.3, 0.4) is 0 Å². The second-order valence-corrected chi connectivity index (χ2v) is 7.18. The van der Waals surface area contributed by atoms with E-state index >= 15 is 0 Å². The van der Waals surface area contributed by atoms with E-state index in [0.717, 1.165) is 64.6 Å². The fraction of sp³-hybridized carbons (Fsp3) is 0.700. The Morgan fingerprint density at radius 3 is 3.04 bits per heavy atom. The highest BCUT2D eigenvalue weighted by molar-refractivity contribution is 5.80. The van der Waals surface area contributed by atoms with Crippen molar-refractivity contribution in [2.45, 2.75) is 44.8 Å². The largest absolute Gasteiger partial charge is 0.381 e. The van der Waals surface area contributed by atoms with Crippen LogP contribution in [0, 0.1) is 5.82 Å². The lowest BCUT2D eigenvalue weighted by molar-refractivity contribution is -0.0318. The van der Waals surface area contributed by atoms with E-state index in [4.69, 9.17) is 9.47 Å². The molecule has 0 amide bonds. The Balaban J connectivity index is 1.41. The highest BCUT2D eigenvalue weighted by atomic mass is 19.1. The molecule has 2 fully saturated rings. The maximum Gasteiger partial charge on any atom is 0.191 e. The van der Waals surface area contributed by atoms with E-state index in [-0.39, 0.29) is 11.9 Å². The minimum absolute atomic E-state index is 0.220. The summed E-state index contributed by atoms with van der Waals surface area (Å²) in [7, 11) is 0. The molecule has 0 aromatic carbocycles. The van der Waals surface area contributed by atoms with Crippen molar-refractivity contribution in [1.29, 1.82) is 0 Å². The van der Waals surface area contributed by atoms with E-state index in [2.05, 4.69) is 27.5 Å². The predicted octanol–water partition coefficient (Wildman–Crippen LogP) is 1.94. The van der Waals surface area contributed by atoms with E-state index in [0.29, 0.717) is 25.0 Å².